The number of allylic oxidation sites excluding steroid dienone is 1. The van der Waals surface area contributed by atoms with Gasteiger partial charge in [-0.1, -0.05) is 0 Å². The van der Waals surface area contributed by atoms with Crippen molar-refractivity contribution in [3.8, 4) is 11.3 Å². The molecule has 1 aromatic carbocycles. The molecule has 0 saturated carbocycles. The molecule has 3 rings (SSSR count). The molecule has 0 amide bonds. The topological polar surface area (TPSA) is 50.8 Å². The average Bonchev–Trinajstić information content (AvgIpc) is 3.06. The van der Waals surface area contributed by atoms with Gasteiger partial charge in [-0.3, -0.25) is 9.20 Å². The smallest absolute Gasteiger partial charge is 0.306 e. The normalized spacial score (nSPS) is 11.4. The van der Waals surface area contributed by atoms with E-state index in [1.54, 1.807) is 33.8 Å². The van der Waals surface area contributed by atoms with E-state index < -0.39 is 0 Å². The highest BCUT2D eigenvalue weighted by Gasteiger charge is 2.20. The molecule has 2 aromatic heterocycles. The van der Waals surface area contributed by atoms with E-state index in [9.17, 15) is 9.18 Å². The number of ketones is 1. The Balaban J connectivity index is 2.14. The zero-order chi connectivity index (χ0) is 15.7. The van der Waals surface area contributed by atoms with Crippen LogP contribution in [0.4, 0.5) is 4.39 Å². The zero-order valence-electron chi connectivity index (χ0n) is 12.2. The second-order valence-corrected chi connectivity index (χ2v) is 5.02. The van der Waals surface area contributed by atoms with Gasteiger partial charge >= 0.3 is 5.84 Å². The lowest BCUT2D eigenvalue weighted by atomic mass is 10.1. The van der Waals surface area contributed by atoms with E-state index in [0.29, 0.717) is 22.8 Å². The van der Waals surface area contributed by atoms with Crippen molar-refractivity contribution in [1.82, 2.24) is 14.3 Å². The zero-order valence-corrected chi connectivity index (χ0v) is 12.2. The van der Waals surface area contributed by atoms with Crippen LogP contribution in [0.15, 0.2) is 53.4 Å². The summed E-state index contributed by atoms with van der Waals surface area (Å²) in [5.74, 6) is -0.227. The van der Waals surface area contributed by atoms with E-state index in [1.165, 1.54) is 24.5 Å². The van der Waals surface area contributed by atoms with Crippen molar-refractivity contribution in [2.45, 2.75) is 0 Å². The van der Waals surface area contributed by atoms with Gasteiger partial charge in [0.05, 0.1) is 0 Å². The molecule has 0 radical (unpaired) electrons. The summed E-state index contributed by atoms with van der Waals surface area (Å²) in [6, 6.07) is 5.84. The third kappa shape index (κ3) is 2.50. The summed E-state index contributed by atoms with van der Waals surface area (Å²) in [6.07, 6.45) is 6.22. The van der Waals surface area contributed by atoms with Crippen LogP contribution in [-0.4, -0.2) is 34.2 Å². The Kier molecular flexibility index (Phi) is 3.50. The molecule has 0 atom stereocenters. The van der Waals surface area contributed by atoms with Crippen molar-refractivity contribution in [3.63, 3.8) is 0 Å². The number of hydrogen-bond donors (Lipinski definition) is 0. The SMILES string of the molecule is CN(C)/C=C/C(=O)c1c(-c2ccc(F)cc2)nc2occn12. The standard InChI is InChI=1S/C16H14FN3O2/c1-19(2)8-7-13(21)15-14(11-3-5-12(17)6-4-11)18-16-20(15)9-10-22-16/h3-10H,1-2H3/b8-7+. The Morgan fingerprint density at radius 1 is 1.32 bits per heavy atom. The van der Waals surface area contributed by atoms with E-state index in [4.69, 9.17) is 4.42 Å². The molecular formula is C16H14FN3O2. The maximum Gasteiger partial charge on any atom is 0.306 e. The number of carbonyl (C=O) groups excluding carboxylic acids is 1. The monoisotopic (exact) mass is 299 g/mol. The molecule has 2 heterocycles. The fraction of sp³-hybridized carbons (Fsp3) is 0.125. The van der Waals surface area contributed by atoms with Gasteiger partial charge in [0.1, 0.15) is 23.5 Å². The van der Waals surface area contributed by atoms with Crippen LogP contribution >= 0.6 is 0 Å². The fourth-order valence-electron chi connectivity index (χ4n) is 2.13. The lowest BCUT2D eigenvalue weighted by molar-refractivity contribution is 0.104. The van der Waals surface area contributed by atoms with Crippen molar-refractivity contribution in [2.24, 2.45) is 0 Å². The Morgan fingerprint density at radius 2 is 2.05 bits per heavy atom. The van der Waals surface area contributed by atoms with Crippen LogP contribution in [0.3, 0.4) is 0 Å². The first kappa shape index (κ1) is 14.1. The van der Waals surface area contributed by atoms with Crippen molar-refractivity contribution in [1.29, 1.82) is 0 Å². The summed E-state index contributed by atoms with van der Waals surface area (Å²) < 4.78 is 19.9. The summed E-state index contributed by atoms with van der Waals surface area (Å²) >= 11 is 0. The molecule has 0 saturated heterocycles. The van der Waals surface area contributed by atoms with Crippen molar-refractivity contribution < 1.29 is 13.6 Å². The summed E-state index contributed by atoms with van der Waals surface area (Å²) in [5, 5.41) is 0. The third-order valence-electron chi connectivity index (χ3n) is 3.14. The van der Waals surface area contributed by atoms with Gasteiger partial charge in [-0.2, -0.15) is 4.98 Å². The van der Waals surface area contributed by atoms with Crippen LogP contribution in [0.1, 0.15) is 10.5 Å². The van der Waals surface area contributed by atoms with Crippen LogP contribution in [0.5, 0.6) is 0 Å². The number of benzene rings is 1. The number of hydrogen-bond acceptors (Lipinski definition) is 4. The minimum Gasteiger partial charge on any atom is -0.432 e. The number of carbonyl (C=O) groups is 1. The van der Waals surface area contributed by atoms with Gasteiger partial charge in [0, 0.05) is 38.1 Å². The van der Waals surface area contributed by atoms with Gasteiger partial charge in [-0.25, -0.2) is 4.39 Å². The molecule has 0 spiro atoms. The van der Waals surface area contributed by atoms with Crippen molar-refractivity contribution in [2.75, 3.05) is 14.1 Å². The quantitative estimate of drug-likeness (QED) is 0.549. The summed E-state index contributed by atoms with van der Waals surface area (Å²) in [7, 11) is 3.66. The number of imidazole rings is 1. The van der Waals surface area contributed by atoms with E-state index in [1.807, 2.05) is 14.1 Å². The molecule has 5 nitrogen and oxygen atoms in total. The summed E-state index contributed by atoms with van der Waals surface area (Å²) in [6.45, 7) is 0. The van der Waals surface area contributed by atoms with Crippen LogP contribution < -0.4 is 0 Å². The van der Waals surface area contributed by atoms with Crippen molar-refractivity contribution >= 4 is 11.6 Å². The van der Waals surface area contributed by atoms with Gasteiger partial charge in [-0.15, -0.1) is 0 Å². The Hall–Kier alpha value is -2.89. The maximum absolute atomic E-state index is 13.1. The fourth-order valence-corrected chi connectivity index (χ4v) is 2.13. The van der Waals surface area contributed by atoms with E-state index >= 15 is 0 Å². The number of aromatic nitrogens is 2. The number of halogens is 1. The third-order valence-corrected chi connectivity index (χ3v) is 3.14. The van der Waals surface area contributed by atoms with Gasteiger partial charge in [0.2, 0.25) is 5.78 Å². The van der Waals surface area contributed by atoms with Gasteiger partial charge in [-0.05, 0) is 24.3 Å². The van der Waals surface area contributed by atoms with E-state index in [2.05, 4.69) is 4.98 Å². The molecule has 0 aliphatic carbocycles. The van der Waals surface area contributed by atoms with Gasteiger partial charge < -0.3 is 9.32 Å². The van der Waals surface area contributed by atoms with Crippen molar-refractivity contribution in [3.05, 3.63) is 60.5 Å². The molecule has 0 aliphatic rings. The second-order valence-electron chi connectivity index (χ2n) is 5.02. The van der Waals surface area contributed by atoms with E-state index in [0.717, 1.165) is 0 Å². The average molecular weight is 299 g/mol. The Morgan fingerprint density at radius 3 is 2.73 bits per heavy atom. The number of nitrogens with zero attached hydrogens (tertiary/aromatic N) is 3. The van der Waals surface area contributed by atoms with Crippen LogP contribution in [0.25, 0.3) is 17.1 Å². The van der Waals surface area contributed by atoms with Crippen LogP contribution in [0.2, 0.25) is 0 Å². The molecule has 3 aromatic rings. The lowest BCUT2D eigenvalue weighted by Gasteiger charge is -2.04. The van der Waals surface area contributed by atoms with Gasteiger partial charge in [0.15, 0.2) is 0 Å². The molecule has 0 unspecified atom stereocenters. The summed E-state index contributed by atoms with van der Waals surface area (Å²) in [5.41, 5.74) is 1.50. The minimum atomic E-state index is -0.341. The lowest BCUT2D eigenvalue weighted by Crippen LogP contribution is -2.05. The molecule has 0 fully saturated rings. The summed E-state index contributed by atoms with van der Waals surface area (Å²) in [4.78, 5) is 18.6. The van der Waals surface area contributed by atoms with E-state index in [-0.39, 0.29) is 11.6 Å². The Labute approximate surface area is 126 Å². The van der Waals surface area contributed by atoms with Crippen LogP contribution in [0, 0.1) is 5.82 Å². The number of oxazole rings is 1. The molecule has 0 N–H and O–H groups in total. The minimum absolute atomic E-state index is 0.207. The molecule has 0 bridgehead atoms. The predicted octanol–water partition coefficient (Wildman–Crippen LogP) is 2.99. The molecule has 6 heteroatoms. The second kappa shape index (κ2) is 5.48. The largest absolute Gasteiger partial charge is 0.432 e. The van der Waals surface area contributed by atoms with Crippen LogP contribution in [-0.2, 0) is 0 Å². The Bertz CT molecular complexity index is 844. The first-order valence-corrected chi connectivity index (χ1v) is 6.66. The predicted molar refractivity (Wildman–Crippen MR) is 80.0 cm³/mol. The van der Waals surface area contributed by atoms with Gasteiger partial charge in [0.25, 0.3) is 0 Å². The molecule has 0 aliphatic heterocycles. The molecule has 112 valence electrons. The number of rotatable bonds is 4. The molecule has 22 heavy (non-hydrogen) atoms. The first-order valence-electron chi connectivity index (χ1n) is 6.66. The first-order chi connectivity index (χ1) is 10.6. The highest BCUT2D eigenvalue weighted by Crippen LogP contribution is 2.25. The number of fused-ring (bicyclic) bond motifs is 1. The highest BCUT2D eigenvalue weighted by atomic mass is 19.1. The molecular weight excluding hydrogens is 285 g/mol. The maximum atomic E-state index is 13.1. The highest BCUT2D eigenvalue weighted by molar-refractivity contribution is 6.07.